The third kappa shape index (κ3) is 0.619. The first-order valence-electron chi connectivity index (χ1n) is 4.38. The van der Waals surface area contributed by atoms with Crippen LogP contribution in [-0.2, 0) is 0 Å². The lowest BCUT2D eigenvalue weighted by Gasteiger charge is -2.59. The molecule has 0 aromatic rings. The van der Waals surface area contributed by atoms with Crippen LogP contribution in [0.4, 0.5) is 0 Å². The molecule has 58 valence electrons. The van der Waals surface area contributed by atoms with Gasteiger partial charge in [-0.2, -0.15) is 0 Å². The molecule has 0 amide bonds. The van der Waals surface area contributed by atoms with Gasteiger partial charge in [0.2, 0.25) is 0 Å². The Kier molecular flexibility index (Phi) is 1.17. The van der Waals surface area contributed by atoms with E-state index in [1.54, 1.807) is 0 Å². The first-order valence-corrected chi connectivity index (χ1v) is 4.38. The summed E-state index contributed by atoms with van der Waals surface area (Å²) in [7, 11) is 0. The molecule has 10 heavy (non-hydrogen) atoms. The van der Waals surface area contributed by atoms with Crippen molar-refractivity contribution >= 4 is 0 Å². The van der Waals surface area contributed by atoms with E-state index in [1.165, 1.54) is 19.3 Å². The van der Waals surface area contributed by atoms with Crippen molar-refractivity contribution in [3.05, 3.63) is 0 Å². The Morgan fingerprint density at radius 3 is 2.30 bits per heavy atom. The van der Waals surface area contributed by atoms with Gasteiger partial charge in [0.1, 0.15) is 0 Å². The van der Waals surface area contributed by atoms with Gasteiger partial charge in [-0.15, -0.1) is 0 Å². The van der Waals surface area contributed by atoms with Gasteiger partial charge >= 0.3 is 0 Å². The lowest BCUT2D eigenvalue weighted by atomic mass is 9.47. The molecule has 3 atom stereocenters. The van der Waals surface area contributed by atoms with Gasteiger partial charge < -0.3 is 5.73 Å². The highest BCUT2D eigenvalue weighted by molar-refractivity contribution is 5.04. The molecule has 0 saturated heterocycles. The molecule has 3 aliphatic rings. The van der Waals surface area contributed by atoms with Crippen molar-refractivity contribution in [2.45, 2.75) is 39.2 Å². The van der Waals surface area contributed by atoms with E-state index in [0.29, 0.717) is 11.5 Å². The second-order valence-electron chi connectivity index (χ2n) is 4.60. The summed E-state index contributed by atoms with van der Waals surface area (Å²) >= 11 is 0. The summed E-state index contributed by atoms with van der Waals surface area (Å²) in [4.78, 5) is 0. The maximum absolute atomic E-state index is 5.99. The molecule has 1 heteroatoms. The van der Waals surface area contributed by atoms with Crippen LogP contribution in [0, 0.1) is 17.3 Å². The van der Waals surface area contributed by atoms with Gasteiger partial charge in [0.25, 0.3) is 0 Å². The molecule has 3 fully saturated rings. The van der Waals surface area contributed by atoms with Crippen molar-refractivity contribution in [1.82, 2.24) is 0 Å². The van der Waals surface area contributed by atoms with Crippen molar-refractivity contribution in [1.29, 1.82) is 0 Å². The molecule has 0 aromatic carbocycles. The average molecular weight is 139 g/mol. The van der Waals surface area contributed by atoms with Gasteiger partial charge in [-0.25, -0.2) is 0 Å². The third-order valence-corrected chi connectivity index (χ3v) is 3.91. The largest absolute Gasteiger partial charge is 0.327 e. The van der Waals surface area contributed by atoms with Crippen molar-refractivity contribution in [3.63, 3.8) is 0 Å². The van der Waals surface area contributed by atoms with Crippen LogP contribution >= 0.6 is 0 Å². The Bertz CT molecular complexity index is 149. The Morgan fingerprint density at radius 1 is 1.30 bits per heavy atom. The topological polar surface area (TPSA) is 26.0 Å². The third-order valence-electron chi connectivity index (χ3n) is 3.91. The van der Waals surface area contributed by atoms with E-state index in [9.17, 15) is 0 Å². The molecule has 0 unspecified atom stereocenters. The van der Waals surface area contributed by atoms with Crippen LogP contribution in [-0.4, -0.2) is 6.04 Å². The predicted octanol–water partition coefficient (Wildman–Crippen LogP) is 1.77. The number of fused-ring (bicyclic) bond motifs is 2. The molecule has 0 heterocycles. The summed E-state index contributed by atoms with van der Waals surface area (Å²) < 4.78 is 0. The van der Waals surface area contributed by atoms with E-state index >= 15 is 0 Å². The molecule has 0 spiro atoms. The Balaban J connectivity index is 2.16. The minimum atomic E-state index is 0.514. The standard InChI is InChI=1S/C9H17N/c1-9(2)6-3-4-8(10)7(9)5-6/h6-8H,3-5,10H2,1-2H3/t6-,7-,8+/m0/s1. The zero-order valence-electron chi connectivity index (χ0n) is 6.93. The highest BCUT2D eigenvalue weighted by Crippen LogP contribution is 2.58. The minimum Gasteiger partial charge on any atom is -0.327 e. The van der Waals surface area contributed by atoms with Crippen LogP contribution in [0.3, 0.4) is 0 Å². The van der Waals surface area contributed by atoms with Crippen LogP contribution in [0.5, 0.6) is 0 Å². The summed E-state index contributed by atoms with van der Waals surface area (Å²) in [6.07, 6.45) is 4.07. The van der Waals surface area contributed by atoms with Gasteiger partial charge in [0, 0.05) is 6.04 Å². The number of hydrogen-bond donors (Lipinski definition) is 1. The molecule has 2 N–H and O–H groups in total. The summed E-state index contributed by atoms with van der Waals surface area (Å²) in [5, 5.41) is 0. The van der Waals surface area contributed by atoms with Crippen LogP contribution < -0.4 is 5.73 Å². The number of hydrogen-bond acceptors (Lipinski definition) is 1. The van der Waals surface area contributed by atoms with E-state index in [-0.39, 0.29) is 0 Å². The lowest BCUT2D eigenvalue weighted by Crippen LogP contribution is -2.57. The van der Waals surface area contributed by atoms with E-state index < -0.39 is 0 Å². The molecule has 0 aromatic heterocycles. The van der Waals surface area contributed by atoms with Gasteiger partial charge in [0.15, 0.2) is 0 Å². The molecule has 3 saturated carbocycles. The minimum absolute atomic E-state index is 0.514. The fourth-order valence-corrected chi connectivity index (χ4v) is 2.87. The predicted molar refractivity (Wildman–Crippen MR) is 42.6 cm³/mol. The van der Waals surface area contributed by atoms with Crippen molar-refractivity contribution in [2.75, 3.05) is 0 Å². The first-order chi connectivity index (χ1) is 4.62. The van der Waals surface area contributed by atoms with Gasteiger partial charge in [-0.1, -0.05) is 13.8 Å². The molecule has 2 bridgehead atoms. The van der Waals surface area contributed by atoms with E-state index in [1.807, 2.05) is 0 Å². The fraction of sp³-hybridized carbons (Fsp3) is 1.00. The Hall–Kier alpha value is -0.0400. The lowest BCUT2D eigenvalue weighted by molar-refractivity contribution is -0.0777. The van der Waals surface area contributed by atoms with E-state index in [4.69, 9.17) is 5.73 Å². The normalized spacial score (nSPS) is 50.1. The molecule has 1 nitrogen and oxygen atoms in total. The second-order valence-corrected chi connectivity index (χ2v) is 4.60. The summed E-state index contributed by atoms with van der Waals surface area (Å²) in [5.74, 6) is 1.84. The van der Waals surface area contributed by atoms with Crippen molar-refractivity contribution in [3.8, 4) is 0 Å². The van der Waals surface area contributed by atoms with Gasteiger partial charge in [-0.05, 0) is 36.5 Å². The molecule has 3 aliphatic carbocycles. The van der Waals surface area contributed by atoms with Crippen LogP contribution in [0.15, 0.2) is 0 Å². The maximum Gasteiger partial charge on any atom is 0.00725 e. The zero-order valence-corrected chi connectivity index (χ0v) is 6.93. The average Bonchev–Trinajstić information content (AvgIpc) is 1.87. The quantitative estimate of drug-likeness (QED) is 0.544. The second kappa shape index (κ2) is 1.76. The van der Waals surface area contributed by atoms with Gasteiger partial charge in [-0.3, -0.25) is 0 Å². The van der Waals surface area contributed by atoms with Crippen molar-refractivity contribution < 1.29 is 0 Å². The highest BCUT2D eigenvalue weighted by Gasteiger charge is 2.53. The van der Waals surface area contributed by atoms with E-state index in [0.717, 1.165) is 11.8 Å². The number of nitrogens with two attached hydrogens (primary N) is 1. The monoisotopic (exact) mass is 139 g/mol. The molecule has 0 radical (unpaired) electrons. The fourth-order valence-electron chi connectivity index (χ4n) is 2.87. The smallest absolute Gasteiger partial charge is 0.00725 e. The van der Waals surface area contributed by atoms with Crippen LogP contribution in [0.1, 0.15) is 33.1 Å². The van der Waals surface area contributed by atoms with Crippen molar-refractivity contribution in [2.24, 2.45) is 23.0 Å². The Morgan fingerprint density at radius 2 is 2.00 bits per heavy atom. The molecular formula is C9H17N. The van der Waals surface area contributed by atoms with Crippen LogP contribution in [0.25, 0.3) is 0 Å². The zero-order chi connectivity index (χ0) is 7.35. The Labute approximate surface area is 63.0 Å². The van der Waals surface area contributed by atoms with Gasteiger partial charge in [0.05, 0.1) is 0 Å². The number of rotatable bonds is 0. The first kappa shape index (κ1) is 6.66. The summed E-state index contributed by atoms with van der Waals surface area (Å²) in [6.45, 7) is 4.76. The van der Waals surface area contributed by atoms with E-state index in [2.05, 4.69) is 13.8 Å². The highest BCUT2D eigenvalue weighted by atomic mass is 14.7. The molecular weight excluding hydrogens is 122 g/mol. The van der Waals surface area contributed by atoms with Crippen LogP contribution in [0.2, 0.25) is 0 Å². The summed E-state index contributed by atoms with van der Waals surface area (Å²) in [5.41, 5.74) is 6.57. The SMILES string of the molecule is CC1(C)[C@H]2CC[C@@H](N)[C@@H]1C2. The molecule has 0 aliphatic heterocycles. The maximum atomic E-state index is 5.99. The summed E-state index contributed by atoms with van der Waals surface area (Å²) in [6, 6.07) is 0.514. The molecule has 3 rings (SSSR count).